The fourth-order valence-electron chi connectivity index (χ4n) is 4.52. The van der Waals surface area contributed by atoms with E-state index in [4.69, 9.17) is 4.74 Å². The number of nitriles is 1. The molecule has 2 fully saturated rings. The summed E-state index contributed by atoms with van der Waals surface area (Å²) < 4.78 is 5.43. The monoisotopic (exact) mass is 483 g/mol. The van der Waals surface area contributed by atoms with Crippen LogP contribution in [0.25, 0.3) is 11.3 Å². The van der Waals surface area contributed by atoms with Crippen LogP contribution >= 0.6 is 0 Å². The molecule has 2 aliphatic heterocycles. The highest BCUT2D eigenvalue weighted by Crippen LogP contribution is 2.26. The van der Waals surface area contributed by atoms with Gasteiger partial charge >= 0.3 is 0 Å². The van der Waals surface area contributed by atoms with E-state index >= 15 is 0 Å². The normalized spacial score (nSPS) is 15.9. The van der Waals surface area contributed by atoms with Crippen LogP contribution in [-0.2, 0) is 9.53 Å². The van der Waals surface area contributed by atoms with Crippen LogP contribution in [0.15, 0.2) is 54.7 Å². The van der Waals surface area contributed by atoms with Crippen molar-refractivity contribution in [3.63, 3.8) is 0 Å². The summed E-state index contributed by atoms with van der Waals surface area (Å²) in [6.45, 7) is 5.52. The number of carbonyl (C=O) groups is 1. The van der Waals surface area contributed by atoms with Gasteiger partial charge in [-0.3, -0.25) is 9.69 Å². The summed E-state index contributed by atoms with van der Waals surface area (Å²) in [6.07, 6.45) is 3.94. The quantitative estimate of drug-likeness (QED) is 0.525. The molecule has 2 saturated heterocycles. The molecule has 0 radical (unpaired) electrons. The van der Waals surface area contributed by atoms with E-state index in [1.54, 1.807) is 24.4 Å². The Hall–Kier alpha value is -4.00. The average molecular weight is 484 g/mol. The first kappa shape index (κ1) is 23.7. The van der Waals surface area contributed by atoms with Crippen LogP contribution in [0.5, 0.6) is 0 Å². The topological polar surface area (TPSA) is 106 Å². The van der Waals surface area contributed by atoms with E-state index < -0.39 is 0 Å². The van der Waals surface area contributed by atoms with Crippen LogP contribution in [0.4, 0.5) is 23.0 Å². The molecule has 3 heterocycles. The van der Waals surface area contributed by atoms with Crippen LogP contribution in [-0.4, -0.2) is 66.7 Å². The van der Waals surface area contributed by atoms with Crippen molar-refractivity contribution >= 4 is 28.9 Å². The molecule has 0 unspecified atom stereocenters. The number of aromatic nitrogens is 2. The number of benzene rings is 2. The van der Waals surface area contributed by atoms with Crippen molar-refractivity contribution in [2.45, 2.75) is 12.8 Å². The molecule has 0 bridgehead atoms. The number of carbonyl (C=O) groups excluding carboxylic acids is 1. The van der Waals surface area contributed by atoms with Gasteiger partial charge in [0.05, 0.1) is 36.7 Å². The average Bonchev–Trinajstić information content (AvgIpc) is 3.43. The van der Waals surface area contributed by atoms with Crippen molar-refractivity contribution in [3.8, 4) is 17.3 Å². The van der Waals surface area contributed by atoms with Gasteiger partial charge in [-0.1, -0.05) is 6.07 Å². The minimum absolute atomic E-state index is 0.102. The number of anilines is 4. The van der Waals surface area contributed by atoms with Gasteiger partial charge in [-0.15, -0.1) is 0 Å². The maximum Gasteiger partial charge on any atom is 0.238 e. The van der Waals surface area contributed by atoms with E-state index in [2.05, 4.69) is 48.6 Å². The summed E-state index contributed by atoms with van der Waals surface area (Å²) in [5.74, 6) is 0.363. The Bertz CT molecular complexity index is 1240. The van der Waals surface area contributed by atoms with Crippen LogP contribution in [0.1, 0.15) is 18.4 Å². The molecule has 0 spiro atoms. The number of hydrogen-bond donors (Lipinski definition) is 2. The molecule has 184 valence electrons. The van der Waals surface area contributed by atoms with Crippen molar-refractivity contribution < 1.29 is 9.53 Å². The van der Waals surface area contributed by atoms with Crippen LogP contribution in [0.2, 0.25) is 0 Å². The molecular weight excluding hydrogens is 454 g/mol. The molecule has 3 aromatic rings. The van der Waals surface area contributed by atoms with E-state index in [-0.39, 0.29) is 5.91 Å². The molecule has 0 atom stereocenters. The summed E-state index contributed by atoms with van der Waals surface area (Å²) in [6, 6.07) is 17.5. The number of likely N-dealkylation sites (tertiary alicyclic amines) is 1. The van der Waals surface area contributed by atoms with E-state index in [1.807, 2.05) is 18.2 Å². The number of nitrogens with zero attached hydrogens (tertiary/aromatic N) is 5. The van der Waals surface area contributed by atoms with Crippen molar-refractivity contribution in [2.75, 3.05) is 61.5 Å². The van der Waals surface area contributed by atoms with Gasteiger partial charge in [-0.2, -0.15) is 5.26 Å². The second-order valence-electron chi connectivity index (χ2n) is 8.94. The number of ether oxygens (including phenoxy) is 1. The fraction of sp³-hybridized carbons (Fsp3) is 0.333. The third kappa shape index (κ3) is 5.79. The molecule has 9 nitrogen and oxygen atoms in total. The zero-order valence-electron chi connectivity index (χ0n) is 20.1. The van der Waals surface area contributed by atoms with E-state index in [0.717, 1.165) is 69.2 Å². The lowest BCUT2D eigenvalue weighted by Gasteiger charge is -2.28. The molecule has 5 rings (SSSR count). The maximum absolute atomic E-state index is 12.4. The van der Waals surface area contributed by atoms with Crippen molar-refractivity contribution in [2.24, 2.45) is 0 Å². The highest BCUT2D eigenvalue weighted by molar-refractivity contribution is 5.94. The third-order valence-corrected chi connectivity index (χ3v) is 6.43. The summed E-state index contributed by atoms with van der Waals surface area (Å²) in [4.78, 5) is 25.8. The van der Waals surface area contributed by atoms with E-state index in [1.165, 1.54) is 0 Å². The summed E-state index contributed by atoms with van der Waals surface area (Å²) >= 11 is 0. The Labute approximate surface area is 210 Å². The predicted octanol–water partition coefficient (Wildman–Crippen LogP) is 3.63. The third-order valence-electron chi connectivity index (χ3n) is 6.43. The van der Waals surface area contributed by atoms with Gasteiger partial charge in [0.1, 0.15) is 6.07 Å². The summed E-state index contributed by atoms with van der Waals surface area (Å²) in [5, 5.41) is 15.8. The largest absolute Gasteiger partial charge is 0.378 e. The standard InChI is InChI=1S/C27H29N7O2/c28-18-21-17-20(3-8-24(21)31-26(35)19-33-11-1-2-12-33)25-9-10-29-27(32-25)30-22-4-6-23(7-5-22)34-13-15-36-16-14-34/h3-10,17H,1-2,11-16,19H2,(H,31,35)(H,29,30,32). The Morgan fingerprint density at radius 3 is 2.56 bits per heavy atom. The van der Waals surface area contributed by atoms with Crippen molar-refractivity contribution in [1.29, 1.82) is 5.26 Å². The first-order valence-corrected chi connectivity index (χ1v) is 12.3. The van der Waals surface area contributed by atoms with Crippen molar-refractivity contribution in [1.82, 2.24) is 14.9 Å². The Morgan fingerprint density at radius 2 is 1.81 bits per heavy atom. The molecule has 0 saturated carbocycles. The Balaban J connectivity index is 1.26. The van der Waals surface area contributed by atoms with Crippen LogP contribution in [0.3, 0.4) is 0 Å². The van der Waals surface area contributed by atoms with Crippen molar-refractivity contribution in [3.05, 3.63) is 60.3 Å². The number of hydrogen-bond acceptors (Lipinski definition) is 8. The second-order valence-corrected chi connectivity index (χ2v) is 8.94. The van der Waals surface area contributed by atoms with Crippen LogP contribution < -0.4 is 15.5 Å². The van der Waals surface area contributed by atoms with Gasteiger partial charge in [0.2, 0.25) is 11.9 Å². The van der Waals surface area contributed by atoms with Gasteiger partial charge in [0.25, 0.3) is 0 Å². The van der Waals surface area contributed by atoms with Gasteiger partial charge < -0.3 is 20.3 Å². The predicted molar refractivity (Wildman–Crippen MR) is 139 cm³/mol. The second kappa shape index (κ2) is 11.2. The molecule has 9 heteroatoms. The summed E-state index contributed by atoms with van der Waals surface area (Å²) in [5.41, 5.74) is 4.42. The molecule has 36 heavy (non-hydrogen) atoms. The van der Waals surface area contributed by atoms with Crippen LogP contribution in [0, 0.1) is 11.3 Å². The zero-order valence-corrected chi connectivity index (χ0v) is 20.1. The minimum Gasteiger partial charge on any atom is -0.378 e. The highest BCUT2D eigenvalue weighted by atomic mass is 16.5. The Kier molecular flexibility index (Phi) is 7.36. The van der Waals surface area contributed by atoms with E-state index in [9.17, 15) is 10.1 Å². The smallest absolute Gasteiger partial charge is 0.238 e. The minimum atomic E-state index is -0.102. The number of rotatable bonds is 7. The molecule has 2 N–H and O–H groups in total. The zero-order chi connectivity index (χ0) is 24.7. The molecule has 0 aliphatic carbocycles. The fourth-order valence-corrected chi connectivity index (χ4v) is 4.52. The SMILES string of the molecule is N#Cc1cc(-c2ccnc(Nc3ccc(N4CCOCC4)cc3)n2)ccc1NC(=O)CN1CCCC1. The van der Waals surface area contributed by atoms with Gasteiger partial charge in [0, 0.05) is 36.2 Å². The first-order valence-electron chi connectivity index (χ1n) is 12.3. The van der Waals surface area contributed by atoms with E-state index in [0.29, 0.717) is 29.4 Å². The van der Waals surface area contributed by atoms with Gasteiger partial charge in [-0.05, 0) is 68.4 Å². The molecule has 2 aliphatic rings. The lowest BCUT2D eigenvalue weighted by atomic mass is 10.1. The van der Waals surface area contributed by atoms with Gasteiger partial charge in [-0.25, -0.2) is 9.97 Å². The Morgan fingerprint density at radius 1 is 1.03 bits per heavy atom. The maximum atomic E-state index is 12.4. The lowest BCUT2D eigenvalue weighted by molar-refractivity contribution is -0.117. The van der Waals surface area contributed by atoms with Gasteiger partial charge in [0.15, 0.2) is 0 Å². The molecule has 2 aromatic carbocycles. The molecule has 1 amide bonds. The summed E-state index contributed by atoms with van der Waals surface area (Å²) in [7, 11) is 0. The number of nitrogens with one attached hydrogen (secondary N) is 2. The first-order chi connectivity index (χ1) is 17.7. The highest BCUT2D eigenvalue weighted by Gasteiger charge is 2.17. The number of morpholine rings is 1. The lowest BCUT2D eigenvalue weighted by Crippen LogP contribution is -2.36. The molecule has 1 aromatic heterocycles. The molecular formula is C27H29N7O2. The number of amides is 1.